The first-order chi connectivity index (χ1) is 14.1. The van der Waals surface area contributed by atoms with Crippen molar-refractivity contribution in [2.75, 3.05) is 44.2 Å². The molecule has 0 radical (unpaired) electrons. The molecule has 2 aliphatic heterocycles. The zero-order valence-corrected chi connectivity index (χ0v) is 18.0. The number of piperazine rings is 1. The molecule has 0 atom stereocenters. The number of hydrogen-bond acceptors (Lipinski definition) is 7. The normalized spacial score (nSPS) is 19.0. The topological polar surface area (TPSA) is 61.8 Å². The molecule has 0 N–H and O–H groups in total. The van der Waals surface area contributed by atoms with Crippen molar-refractivity contribution in [1.29, 1.82) is 0 Å². The Morgan fingerprint density at radius 1 is 1.10 bits per heavy atom. The number of pyridine rings is 1. The summed E-state index contributed by atoms with van der Waals surface area (Å²) in [6.07, 6.45) is 5.22. The van der Waals surface area contributed by atoms with E-state index < -0.39 is 0 Å². The van der Waals surface area contributed by atoms with Crippen LogP contribution < -0.4 is 4.90 Å². The van der Waals surface area contributed by atoms with Gasteiger partial charge in [-0.15, -0.1) is 11.3 Å². The number of carbonyl (C=O) groups is 1. The molecule has 4 heterocycles. The highest BCUT2D eigenvalue weighted by atomic mass is 32.1. The number of hydrogen-bond donors (Lipinski definition) is 0. The molecule has 2 aliphatic rings. The average molecular weight is 416 g/mol. The molecule has 7 nitrogen and oxygen atoms in total. The monoisotopic (exact) mass is 415 g/mol. The number of thiazole rings is 1. The molecule has 0 unspecified atom stereocenters. The lowest BCUT2D eigenvalue weighted by atomic mass is 10.1. The number of amides is 1. The van der Waals surface area contributed by atoms with Crippen molar-refractivity contribution in [3.05, 3.63) is 29.9 Å². The van der Waals surface area contributed by atoms with Crippen LogP contribution in [0.4, 0.5) is 10.6 Å². The van der Waals surface area contributed by atoms with Gasteiger partial charge in [-0.2, -0.15) is 0 Å². The first kappa shape index (κ1) is 20.1. The van der Waals surface area contributed by atoms with E-state index in [2.05, 4.69) is 45.7 Å². The summed E-state index contributed by atoms with van der Waals surface area (Å²) in [7, 11) is 0. The number of aromatic nitrogens is 2. The van der Waals surface area contributed by atoms with Crippen molar-refractivity contribution < 1.29 is 9.53 Å². The molecule has 2 fully saturated rings. The van der Waals surface area contributed by atoms with Gasteiger partial charge >= 0.3 is 6.09 Å². The second kappa shape index (κ2) is 9.09. The highest BCUT2D eigenvalue weighted by Crippen LogP contribution is 2.25. The third-order valence-electron chi connectivity index (χ3n) is 5.76. The van der Waals surface area contributed by atoms with Crippen molar-refractivity contribution in [2.24, 2.45) is 0 Å². The van der Waals surface area contributed by atoms with E-state index in [1.807, 2.05) is 22.7 Å². The standard InChI is InChI=1S/C21H29N5O2S/c1-16(2)24-10-12-26(13-11-24)21(27)28-18-5-8-25(9-6-18)19-4-3-17(15-23-19)20-22-7-14-29-20/h3-4,7,14-16,18H,5-6,8-13H2,1-2H3. The minimum atomic E-state index is -0.155. The van der Waals surface area contributed by atoms with Crippen LogP contribution in [-0.2, 0) is 4.74 Å². The largest absolute Gasteiger partial charge is 0.446 e. The van der Waals surface area contributed by atoms with E-state index in [1.54, 1.807) is 11.3 Å². The Bertz CT molecular complexity index is 780. The lowest BCUT2D eigenvalue weighted by molar-refractivity contribution is 0.0337. The Morgan fingerprint density at radius 3 is 2.45 bits per heavy atom. The maximum absolute atomic E-state index is 12.5. The Balaban J connectivity index is 1.24. The number of nitrogens with zero attached hydrogens (tertiary/aromatic N) is 5. The van der Waals surface area contributed by atoms with Crippen molar-refractivity contribution in [3.63, 3.8) is 0 Å². The molecular formula is C21H29N5O2S. The van der Waals surface area contributed by atoms with E-state index in [1.165, 1.54) is 0 Å². The first-order valence-electron chi connectivity index (χ1n) is 10.4. The van der Waals surface area contributed by atoms with Crippen molar-refractivity contribution in [1.82, 2.24) is 19.8 Å². The fourth-order valence-electron chi connectivity index (χ4n) is 3.91. The average Bonchev–Trinajstić information content (AvgIpc) is 3.29. The van der Waals surface area contributed by atoms with E-state index >= 15 is 0 Å². The third kappa shape index (κ3) is 4.87. The number of anilines is 1. The molecule has 1 amide bonds. The van der Waals surface area contributed by atoms with Crippen molar-refractivity contribution in [2.45, 2.75) is 38.8 Å². The van der Waals surface area contributed by atoms with E-state index in [9.17, 15) is 4.79 Å². The predicted molar refractivity (Wildman–Crippen MR) is 115 cm³/mol. The molecule has 4 rings (SSSR count). The van der Waals surface area contributed by atoms with Gasteiger partial charge in [-0.05, 0) is 26.0 Å². The van der Waals surface area contributed by atoms with Crippen LogP contribution in [-0.4, -0.2) is 77.3 Å². The fourth-order valence-corrected chi connectivity index (χ4v) is 4.54. The molecule has 0 aliphatic carbocycles. The highest BCUT2D eigenvalue weighted by molar-refractivity contribution is 7.13. The van der Waals surface area contributed by atoms with Crippen LogP contribution in [0.15, 0.2) is 29.9 Å². The molecule has 8 heteroatoms. The fraction of sp³-hybridized carbons (Fsp3) is 0.571. The van der Waals surface area contributed by atoms with Crippen LogP contribution in [0.25, 0.3) is 10.6 Å². The van der Waals surface area contributed by atoms with Gasteiger partial charge in [0.15, 0.2) is 0 Å². The summed E-state index contributed by atoms with van der Waals surface area (Å²) in [5.74, 6) is 0.972. The lowest BCUT2D eigenvalue weighted by Crippen LogP contribution is -2.51. The van der Waals surface area contributed by atoms with E-state index in [-0.39, 0.29) is 12.2 Å². The minimum Gasteiger partial charge on any atom is -0.446 e. The third-order valence-corrected chi connectivity index (χ3v) is 6.59. The van der Waals surface area contributed by atoms with Gasteiger partial charge < -0.3 is 14.5 Å². The van der Waals surface area contributed by atoms with E-state index in [0.717, 1.165) is 68.5 Å². The number of ether oxygens (including phenoxy) is 1. The molecule has 29 heavy (non-hydrogen) atoms. The summed E-state index contributed by atoms with van der Waals surface area (Å²) in [5, 5.41) is 2.96. The van der Waals surface area contributed by atoms with E-state index in [0.29, 0.717) is 6.04 Å². The van der Waals surface area contributed by atoms with Crippen LogP contribution in [0.5, 0.6) is 0 Å². The number of carbonyl (C=O) groups excluding carboxylic acids is 1. The second-order valence-corrected chi connectivity index (χ2v) is 8.82. The molecule has 0 aromatic carbocycles. The maximum Gasteiger partial charge on any atom is 0.410 e. The molecule has 2 aromatic heterocycles. The quantitative estimate of drug-likeness (QED) is 0.763. The summed E-state index contributed by atoms with van der Waals surface area (Å²) < 4.78 is 5.79. The first-order valence-corrected chi connectivity index (χ1v) is 11.3. The summed E-state index contributed by atoms with van der Waals surface area (Å²) in [6, 6.07) is 4.66. The van der Waals surface area contributed by atoms with Gasteiger partial charge in [0.2, 0.25) is 0 Å². The van der Waals surface area contributed by atoms with Gasteiger partial charge in [0.25, 0.3) is 0 Å². The lowest BCUT2D eigenvalue weighted by Gasteiger charge is -2.38. The minimum absolute atomic E-state index is 0.00327. The smallest absolute Gasteiger partial charge is 0.410 e. The Kier molecular flexibility index (Phi) is 6.30. The summed E-state index contributed by atoms with van der Waals surface area (Å²) in [5.41, 5.74) is 1.05. The van der Waals surface area contributed by atoms with Gasteiger partial charge in [0.05, 0.1) is 0 Å². The van der Waals surface area contributed by atoms with E-state index in [4.69, 9.17) is 4.74 Å². The Morgan fingerprint density at radius 2 is 1.86 bits per heavy atom. The summed E-state index contributed by atoms with van der Waals surface area (Å²) >= 11 is 1.62. The van der Waals surface area contributed by atoms with Gasteiger partial charge in [0, 0.05) is 81.5 Å². The second-order valence-electron chi connectivity index (χ2n) is 7.93. The molecule has 0 bridgehead atoms. The van der Waals surface area contributed by atoms with Gasteiger partial charge in [0.1, 0.15) is 16.9 Å². The predicted octanol–water partition coefficient (Wildman–Crippen LogP) is 3.34. The van der Waals surface area contributed by atoms with Crippen LogP contribution in [0.3, 0.4) is 0 Å². The summed E-state index contributed by atoms with van der Waals surface area (Å²) in [6.45, 7) is 9.45. The SMILES string of the molecule is CC(C)N1CCN(C(=O)OC2CCN(c3ccc(-c4nccs4)cn3)CC2)CC1. The Hall–Kier alpha value is -2.19. The number of rotatable bonds is 4. The summed E-state index contributed by atoms with van der Waals surface area (Å²) in [4.78, 5) is 27.9. The molecular weight excluding hydrogens is 386 g/mol. The zero-order chi connectivity index (χ0) is 20.2. The molecule has 0 spiro atoms. The van der Waals surface area contributed by atoms with Crippen molar-refractivity contribution >= 4 is 23.2 Å². The number of piperidine rings is 1. The molecule has 0 saturated carbocycles. The van der Waals surface area contributed by atoms with Crippen LogP contribution in [0.1, 0.15) is 26.7 Å². The maximum atomic E-state index is 12.5. The zero-order valence-electron chi connectivity index (χ0n) is 17.2. The van der Waals surface area contributed by atoms with Gasteiger partial charge in [-0.25, -0.2) is 14.8 Å². The van der Waals surface area contributed by atoms with Crippen molar-refractivity contribution in [3.8, 4) is 10.6 Å². The van der Waals surface area contributed by atoms with Crippen LogP contribution in [0, 0.1) is 0 Å². The Labute approximate surface area is 176 Å². The van der Waals surface area contributed by atoms with Crippen LogP contribution in [0.2, 0.25) is 0 Å². The molecule has 2 saturated heterocycles. The molecule has 2 aromatic rings. The van der Waals surface area contributed by atoms with Gasteiger partial charge in [-0.1, -0.05) is 0 Å². The molecule has 156 valence electrons. The van der Waals surface area contributed by atoms with Crippen LogP contribution >= 0.6 is 11.3 Å². The van der Waals surface area contributed by atoms with Gasteiger partial charge in [-0.3, -0.25) is 4.90 Å². The highest BCUT2D eigenvalue weighted by Gasteiger charge is 2.28.